The van der Waals surface area contributed by atoms with E-state index in [-0.39, 0.29) is 11.4 Å². The predicted octanol–water partition coefficient (Wildman–Crippen LogP) is 3.80. The molecule has 0 aliphatic rings. The van der Waals surface area contributed by atoms with Crippen LogP contribution in [-0.4, -0.2) is 24.1 Å². The monoisotopic (exact) mass is 385 g/mol. The van der Waals surface area contributed by atoms with Gasteiger partial charge in [-0.25, -0.2) is 18.9 Å². The normalized spacial score (nSPS) is 11.4. The van der Waals surface area contributed by atoms with Crippen LogP contribution < -0.4 is 5.56 Å². The zero-order valence-electron chi connectivity index (χ0n) is 15.6. The highest BCUT2D eigenvalue weighted by Crippen LogP contribution is 2.29. The summed E-state index contributed by atoms with van der Waals surface area (Å²) in [6, 6.07) is 13.5. The van der Waals surface area contributed by atoms with Gasteiger partial charge in [-0.05, 0) is 42.3 Å². The molecule has 0 N–H and O–H groups in total. The van der Waals surface area contributed by atoms with Crippen molar-refractivity contribution in [1.82, 2.24) is 24.1 Å². The number of hydrogen-bond donors (Lipinski definition) is 0. The van der Waals surface area contributed by atoms with Crippen molar-refractivity contribution in [3.8, 4) is 16.9 Å². The minimum Gasteiger partial charge on any atom is -0.268 e. The maximum Gasteiger partial charge on any atom is 0.267 e. The van der Waals surface area contributed by atoms with Gasteiger partial charge < -0.3 is 0 Å². The fraction of sp³-hybridized carbons (Fsp3) is 0.0909. The van der Waals surface area contributed by atoms with E-state index in [9.17, 15) is 9.18 Å². The molecule has 0 saturated heterocycles. The molecular weight excluding hydrogens is 369 g/mol. The quantitative estimate of drug-likeness (QED) is 0.474. The molecular formula is C22H16FN5O. The van der Waals surface area contributed by atoms with E-state index in [4.69, 9.17) is 5.10 Å². The molecule has 1 aromatic carbocycles. The smallest absolute Gasteiger partial charge is 0.267 e. The van der Waals surface area contributed by atoms with Crippen LogP contribution in [0.25, 0.3) is 33.5 Å². The number of benzene rings is 1. The number of hydrogen-bond acceptors (Lipinski definition) is 4. The van der Waals surface area contributed by atoms with E-state index in [1.165, 1.54) is 16.7 Å². The molecule has 142 valence electrons. The van der Waals surface area contributed by atoms with Crippen LogP contribution in [0.2, 0.25) is 0 Å². The highest BCUT2D eigenvalue weighted by atomic mass is 19.1. The second-order valence-corrected chi connectivity index (χ2v) is 6.65. The largest absolute Gasteiger partial charge is 0.268 e. The van der Waals surface area contributed by atoms with Gasteiger partial charge >= 0.3 is 0 Å². The summed E-state index contributed by atoms with van der Waals surface area (Å²) in [5.41, 5.74) is 3.61. The number of fused-ring (bicyclic) bond motifs is 3. The fourth-order valence-corrected chi connectivity index (χ4v) is 3.55. The first-order valence-electron chi connectivity index (χ1n) is 9.26. The SMILES string of the molecule is CCc1nn2c(ncc3c(=O)n(-c4ccccn4)ccc32)c1-c1ccc(F)cc1. The van der Waals surface area contributed by atoms with Crippen LogP contribution in [0.4, 0.5) is 4.39 Å². The molecule has 7 heteroatoms. The predicted molar refractivity (Wildman–Crippen MR) is 109 cm³/mol. The molecule has 0 unspecified atom stereocenters. The molecule has 0 bridgehead atoms. The minimum atomic E-state index is -0.295. The van der Waals surface area contributed by atoms with Crippen molar-refractivity contribution in [1.29, 1.82) is 0 Å². The molecule has 5 rings (SSSR count). The number of rotatable bonds is 3. The third-order valence-corrected chi connectivity index (χ3v) is 4.95. The van der Waals surface area contributed by atoms with Gasteiger partial charge in [0.25, 0.3) is 5.56 Å². The summed E-state index contributed by atoms with van der Waals surface area (Å²) in [6.07, 6.45) is 5.59. The van der Waals surface area contributed by atoms with Crippen LogP contribution in [0.3, 0.4) is 0 Å². The number of nitrogens with zero attached hydrogens (tertiary/aromatic N) is 5. The van der Waals surface area contributed by atoms with E-state index in [1.54, 1.807) is 47.4 Å². The lowest BCUT2D eigenvalue weighted by Crippen LogP contribution is -2.19. The van der Waals surface area contributed by atoms with E-state index in [0.29, 0.717) is 28.8 Å². The van der Waals surface area contributed by atoms with Crippen molar-refractivity contribution in [2.75, 3.05) is 0 Å². The zero-order chi connectivity index (χ0) is 20.0. The molecule has 0 aliphatic heterocycles. The maximum absolute atomic E-state index is 13.4. The lowest BCUT2D eigenvalue weighted by Gasteiger charge is -2.07. The van der Waals surface area contributed by atoms with E-state index in [1.807, 2.05) is 19.1 Å². The highest BCUT2D eigenvalue weighted by molar-refractivity contribution is 5.86. The highest BCUT2D eigenvalue weighted by Gasteiger charge is 2.18. The lowest BCUT2D eigenvalue weighted by atomic mass is 10.0. The first-order chi connectivity index (χ1) is 14.2. The van der Waals surface area contributed by atoms with E-state index in [2.05, 4.69) is 9.97 Å². The molecule has 0 aliphatic carbocycles. The summed E-state index contributed by atoms with van der Waals surface area (Å²) in [7, 11) is 0. The van der Waals surface area contributed by atoms with Crippen LogP contribution in [0.5, 0.6) is 0 Å². The minimum absolute atomic E-state index is 0.215. The average Bonchev–Trinajstić information content (AvgIpc) is 3.14. The third kappa shape index (κ3) is 2.70. The zero-order valence-corrected chi connectivity index (χ0v) is 15.6. The summed E-state index contributed by atoms with van der Waals surface area (Å²) in [6.45, 7) is 2.01. The second-order valence-electron chi connectivity index (χ2n) is 6.65. The Hall–Kier alpha value is -3.87. The summed E-state index contributed by atoms with van der Waals surface area (Å²) in [5.74, 6) is 0.248. The van der Waals surface area contributed by atoms with Crippen molar-refractivity contribution >= 4 is 16.6 Å². The molecule has 5 aromatic rings. The second kappa shape index (κ2) is 6.63. The maximum atomic E-state index is 13.4. The van der Waals surface area contributed by atoms with E-state index < -0.39 is 0 Å². The van der Waals surface area contributed by atoms with Crippen molar-refractivity contribution in [2.45, 2.75) is 13.3 Å². The van der Waals surface area contributed by atoms with Gasteiger partial charge in [0.2, 0.25) is 0 Å². The molecule has 0 amide bonds. The van der Waals surface area contributed by atoms with Crippen LogP contribution in [0.1, 0.15) is 12.6 Å². The Labute approximate surface area is 164 Å². The summed E-state index contributed by atoms with van der Waals surface area (Å²) >= 11 is 0. The molecule has 0 saturated carbocycles. The standard InChI is InChI=1S/C22H16FN5O/c1-2-17-20(14-6-8-15(23)9-7-14)21-25-13-16-18(28(21)26-17)10-12-27(22(16)29)19-5-3-4-11-24-19/h3-13H,2H2,1H3. The van der Waals surface area contributed by atoms with Crippen molar-refractivity contribution in [3.63, 3.8) is 0 Å². The summed E-state index contributed by atoms with van der Waals surface area (Å²) in [4.78, 5) is 21.8. The molecule has 0 atom stereocenters. The molecule has 6 nitrogen and oxygen atoms in total. The molecule has 4 heterocycles. The van der Waals surface area contributed by atoms with Gasteiger partial charge in [0, 0.05) is 24.2 Å². The van der Waals surface area contributed by atoms with Gasteiger partial charge in [-0.3, -0.25) is 9.36 Å². The van der Waals surface area contributed by atoms with Gasteiger partial charge in [0.15, 0.2) is 5.65 Å². The number of pyridine rings is 2. The first kappa shape index (κ1) is 17.2. The molecule has 0 spiro atoms. The van der Waals surface area contributed by atoms with Crippen molar-refractivity contribution in [3.05, 3.63) is 89.0 Å². The molecule has 0 radical (unpaired) electrons. The Bertz CT molecular complexity index is 1410. The van der Waals surface area contributed by atoms with Gasteiger partial charge in [-0.1, -0.05) is 25.1 Å². The lowest BCUT2D eigenvalue weighted by molar-refractivity contribution is 0.628. The van der Waals surface area contributed by atoms with Crippen molar-refractivity contribution in [2.24, 2.45) is 0 Å². The Balaban J connectivity index is 1.79. The topological polar surface area (TPSA) is 65.1 Å². The van der Waals surface area contributed by atoms with Crippen LogP contribution in [-0.2, 0) is 6.42 Å². The van der Waals surface area contributed by atoms with Gasteiger partial charge in [-0.15, -0.1) is 0 Å². The van der Waals surface area contributed by atoms with Crippen LogP contribution >= 0.6 is 0 Å². The summed E-state index contributed by atoms with van der Waals surface area (Å²) < 4.78 is 16.6. The van der Waals surface area contributed by atoms with Crippen LogP contribution in [0, 0.1) is 5.82 Å². The van der Waals surface area contributed by atoms with E-state index in [0.717, 1.165) is 16.8 Å². The Morgan fingerprint density at radius 2 is 1.86 bits per heavy atom. The molecule has 4 aromatic heterocycles. The number of halogens is 1. The van der Waals surface area contributed by atoms with Gasteiger partial charge in [0.1, 0.15) is 11.6 Å². The van der Waals surface area contributed by atoms with Crippen molar-refractivity contribution < 1.29 is 4.39 Å². The Morgan fingerprint density at radius 1 is 1.03 bits per heavy atom. The van der Waals surface area contributed by atoms with Gasteiger partial charge in [-0.2, -0.15) is 5.10 Å². The Kier molecular flexibility index (Phi) is 3.94. The fourth-order valence-electron chi connectivity index (χ4n) is 3.55. The molecule has 29 heavy (non-hydrogen) atoms. The van der Waals surface area contributed by atoms with E-state index >= 15 is 0 Å². The summed E-state index contributed by atoms with van der Waals surface area (Å²) in [5, 5.41) is 5.14. The number of aromatic nitrogens is 5. The van der Waals surface area contributed by atoms with Gasteiger partial charge in [0.05, 0.1) is 16.6 Å². The van der Waals surface area contributed by atoms with Crippen LogP contribution in [0.15, 0.2) is 71.9 Å². The third-order valence-electron chi connectivity index (χ3n) is 4.95. The molecule has 0 fully saturated rings. The number of aryl methyl sites for hydroxylation is 1. The first-order valence-corrected chi connectivity index (χ1v) is 9.26. The Morgan fingerprint density at radius 3 is 2.59 bits per heavy atom. The average molecular weight is 385 g/mol.